The molecule has 2 unspecified atom stereocenters. The van der Waals surface area contributed by atoms with Crippen LogP contribution in [-0.2, 0) is 9.59 Å². The number of aromatic nitrogens is 1. The van der Waals surface area contributed by atoms with E-state index in [1.807, 2.05) is 32.0 Å². The molecule has 150 valence electrons. The number of benzene rings is 1. The van der Waals surface area contributed by atoms with Gasteiger partial charge >= 0.3 is 11.9 Å². The summed E-state index contributed by atoms with van der Waals surface area (Å²) >= 11 is 0. The topological polar surface area (TPSA) is 170 Å². The van der Waals surface area contributed by atoms with Gasteiger partial charge in [0.2, 0.25) is 0 Å². The number of carboxylic acids is 2. The van der Waals surface area contributed by atoms with E-state index in [9.17, 15) is 14.7 Å². The second-order valence-corrected chi connectivity index (χ2v) is 6.22. The minimum Gasteiger partial charge on any atom is -0.490 e. The quantitative estimate of drug-likeness (QED) is 0.443. The van der Waals surface area contributed by atoms with Crippen LogP contribution in [0.3, 0.4) is 0 Å². The van der Waals surface area contributed by atoms with Gasteiger partial charge in [-0.15, -0.1) is 0 Å². The van der Waals surface area contributed by atoms with Crippen molar-refractivity contribution in [2.45, 2.75) is 26.0 Å². The van der Waals surface area contributed by atoms with Crippen molar-refractivity contribution >= 4 is 22.8 Å². The van der Waals surface area contributed by atoms with Crippen LogP contribution in [0.2, 0.25) is 0 Å². The number of hydrogen-bond donors (Lipinski definition) is 5. The summed E-state index contributed by atoms with van der Waals surface area (Å²) in [6.07, 6.45) is 0.393. The number of fused-ring (bicyclic) bond motifs is 1. The van der Waals surface area contributed by atoms with Crippen molar-refractivity contribution in [2.24, 2.45) is 11.7 Å². The van der Waals surface area contributed by atoms with Crippen LogP contribution in [0.4, 0.5) is 0 Å². The molecule has 0 aliphatic heterocycles. The van der Waals surface area contributed by atoms with Crippen LogP contribution in [0, 0.1) is 17.2 Å². The van der Waals surface area contributed by atoms with Crippen LogP contribution in [0.1, 0.15) is 19.5 Å². The summed E-state index contributed by atoms with van der Waals surface area (Å²) in [5, 5.41) is 35.3. The molecule has 0 spiro atoms. The minimum absolute atomic E-state index is 0.130. The molecule has 0 radical (unpaired) electrons. The Morgan fingerprint density at radius 1 is 1.29 bits per heavy atom. The van der Waals surface area contributed by atoms with Gasteiger partial charge in [0.1, 0.15) is 30.2 Å². The number of H-pyrrole nitrogens is 1. The fourth-order valence-corrected chi connectivity index (χ4v) is 2.19. The largest absolute Gasteiger partial charge is 0.490 e. The van der Waals surface area contributed by atoms with Crippen LogP contribution in [0.15, 0.2) is 36.4 Å². The summed E-state index contributed by atoms with van der Waals surface area (Å²) in [5.74, 6) is -1.70. The van der Waals surface area contributed by atoms with Crippen molar-refractivity contribution in [1.82, 2.24) is 4.98 Å². The average Bonchev–Trinajstić information content (AvgIpc) is 3.08. The first-order chi connectivity index (χ1) is 13.1. The number of rotatable bonds is 7. The summed E-state index contributed by atoms with van der Waals surface area (Å²) in [6.45, 7) is 4.05. The van der Waals surface area contributed by atoms with Gasteiger partial charge in [-0.1, -0.05) is 19.9 Å². The molecular weight excluding hydrogens is 366 g/mol. The second kappa shape index (κ2) is 10.7. The zero-order chi connectivity index (χ0) is 21.3. The molecule has 1 aromatic carbocycles. The molecule has 0 fully saturated rings. The Labute approximate surface area is 161 Å². The lowest BCUT2D eigenvalue weighted by atomic mass is 10.0. The van der Waals surface area contributed by atoms with E-state index in [0.717, 1.165) is 10.9 Å². The molecule has 9 heteroatoms. The fourth-order valence-electron chi connectivity index (χ4n) is 2.19. The van der Waals surface area contributed by atoms with Crippen molar-refractivity contribution in [3.63, 3.8) is 0 Å². The molecule has 2 atom stereocenters. The Morgan fingerprint density at radius 3 is 2.39 bits per heavy atom. The van der Waals surface area contributed by atoms with E-state index in [1.54, 1.807) is 6.07 Å². The van der Waals surface area contributed by atoms with Gasteiger partial charge in [0.25, 0.3) is 0 Å². The number of nitriles is 1. The Hall–Kier alpha value is -3.35. The Balaban J connectivity index is 0.000000416. The normalized spacial score (nSPS) is 12.9. The van der Waals surface area contributed by atoms with Gasteiger partial charge in [0.15, 0.2) is 0 Å². The number of aliphatic hydroxyl groups is 1. The predicted octanol–water partition coefficient (Wildman–Crippen LogP) is 1.47. The summed E-state index contributed by atoms with van der Waals surface area (Å²) in [7, 11) is 0. The number of aliphatic carboxylic acids is 2. The van der Waals surface area contributed by atoms with E-state index < -0.39 is 18.0 Å². The molecule has 0 aliphatic rings. The molecule has 0 saturated carbocycles. The van der Waals surface area contributed by atoms with Crippen molar-refractivity contribution in [3.8, 4) is 11.8 Å². The van der Waals surface area contributed by atoms with E-state index in [0.29, 0.717) is 23.6 Å². The second-order valence-electron chi connectivity index (χ2n) is 6.22. The van der Waals surface area contributed by atoms with Crippen molar-refractivity contribution in [2.75, 3.05) is 6.61 Å². The average molecular weight is 389 g/mol. The molecule has 1 aromatic heterocycles. The highest BCUT2D eigenvalue weighted by atomic mass is 16.5. The van der Waals surface area contributed by atoms with Gasteiger partial charge in [0.05, 0.1) is 5.52 Å². The lowest BCUT2D eigenvalue weighted by molar-refractivity contribution is -0.134. The zero-order valence-electron chi connectivity index (χ0n) is 15.5. The standard InChI is InChI=1S/C15H19N3O2.C4H4O4/c1-9(2)15(17)13(19)8-20-14-5-3-4-12-11(14)6-10(7-16)18-12;5-3(6)1-2-4(7)8/h3-6,9,13,15,18-19H,8,17H2,1-2H3;1-2H,(H,5,6)(H,7,8)/b;2-1+. The van der Waals surface area contributed by atoms with Crippen molar-refractivity contribution in [1.29, 1.82) is 5.26 Å². The van der Waals surface area contributed by atoms with Gasteiger partial charge in [-0.25, -0.2) is 9.59 Å². The van der Waals surface area contributed by atoms with Gasteiger partial charge in [-0.2, -0.15) is 5.26 Å². The molecule has 28 heavy (non-hydrogen) atoms. The predicted molar refractivity (Wildman–Crippen MR) is 102 cm³/mol. The van der Waals surface area contributed by atoms with Crippen LogP contribution in [-0.4, -0.2) is 51.0 Å². The molecular formula is C19H23N3O6. The summed E-state index contributed by atoms with van der Waals surface area (Å²) < 4.78 is 5.65. The van der Waals surface area contributed by atoms with Crippen LogP contribution in [0.5, 0.6) is 5.75 Å². The van der Waals surface area contributed by atoms with Gasteiger partial charge in [0, 0.05) is 23.6 Å². The first kappa shape index (κ1) is 22.7. The summed E-state index contributed by atoms with van der Waals surface area (Å²) in [6, 6.07) is 8.99. The highest BCUT2D eigenvalue weighted by molar-refractivity contribution is 5.89. The van der Waals surface area contributed by atoms with E-state index in [1.165, 1.54) is 0 Å². The lowest BCUT2D eigenvalue weighted by Crippen LogP contribution is -2.42. The SMILES string of the molecule is CC(C)C(N)C(O)COc1cccc2[nH]c(C#N)cc12.O=C(O)/C=C/C(=O)O. The number of carboxylic acid groups (broad SMARTS) is 2. The number of ether oxygens (including phenoxy) is 1. The molecule has 6 N–H and O–H groups in total. The summed E-state index contributed by atoms with van der Waals surface area (Å²) in [5.41, 5.74) is 7.20. The maximum absolute atomic E-state index is 9.96. The van der Waals surface area contributed by atoms with Crippen LogP contribution in [0.25, 0.3) is 10.9 Å². The van der Waals surface area contributed by atoms with Gasteiger partial charge in [-0.05, 0) is 24.1 Å². The Kier molecular flexibility index (Phi) is 8.68. The van der Waals surface area contributed by atoms with E-state index in [-0.39, 0.29) is 18.6 Å². The Bertz CT molecular complexity index is 865. The Morgan fingerprint density at radius 2 is 1.89 bits per heavy atom. The number of nitrogens with zero attached hydrogens (tertiary/aromatic N) is 1. The summed E-state index contributed by atoms with van der Waals surface area (Å²) in [4.78, 5) is 22.1. The third-order valence-electron chi connectivity index (χ3n) is 3.74. The third-order valence-corrected chi connectivity index (χ3v) is 3.74. The van der Waals surface area contributed by atoms with Crippen molar-refractivity contribution < 1.29 is 29.6 Å². The molecule has 2 rings (SSSR count). The number of aromatic amines is 1. The number of nitrogens with one attached hydrogen (secondary N) is 1. The van der Waals surface area contributed by atoms with Crippen LogP contribution < -0.4 is 10.5 Å². The van der Waals surface area contributed by atoms with Gasteiger partial charge < -0.3 is 30.8 Å². The minimum atomic E-state index is -1.26. The van der Waals surface area contributed by atoms with E-state index >= 15 is 0 Å². The zero-order valence-corrected chi connectivity index (χ0v) is 15.5. The molecule has 1 heterocycles. The van der Waals surface area contributed by atoms with Gasteiger partial charge in [-0.3, -0.25) is 0 Å². The maximum Gasteiger partial charge on any atom is 0.328 e. The molecule has 2 aromatic rings. The lowest BCUT2D eigenvalue weighted by Gasteiger charge is -2.22. The number of carbonyl (C=O) groups is 2. The first-order valence-electron chi connectivity index (χ1n) is 8.38. The number of nitrogens with two attached hydrogens (primary N) is 1. The molecule has 0 aliphatic carbocycles. The molecule has 0 saturated heterocycles. The maximum atomic E-state index is 9.96. The molecule has 9 nitrogen and oxygen atoms in total. The van der Waals surface area contributed by atoms with E-state index in [2.05, 4.69) is 11.1 Å². The smallest absolute Gasteiger partial charge is 0.328 e. The fraction of sp³-hybridized carbons (Fsp3) is 0.316. The first-order valence-corrected chi connectivity index (χ1v) is 8.38. The number of hydrogen-bond acceptors (Lipinski definition) is 6. The third kappa shape index (κ3) is 7.11. The molecule has 0 bridgehead atoms. The highest BCUT2D eigenvalue weighted by Crippen LogP contribution is 2.26. The molecule has 0 amide bonds. The van der Waals surface area contributed by atoms with E-state index in [4.69, 9.17) is 25.9 Å². The highest BCUT2D eigenvalue weighted by Gasteiger charge is 2.19. The number of aliphatic hydroxyl groups excluding tert-OH is 1. The monoisotopic (exact) mass is 389 g/mol. The van der Waals surface area contributed by atoms with Crippen LogP contribution >= 0.6 is 0 Å². The van der Waals surface area contributed by atoms with Crippen molar-refractivity contribution in [3.05, 3.63) is 42.1 Å².